The number of nitrogens with one attached hydrogen (secondary N) is 1. The van der Waals surface area contributed by atoms with Crippen molar-refractivity contribution >= 4 is 28.2 Å². The number of aromatic nitrogens is 2. The Labute approximate surface area is 151 Å². The van der Waals surface area contributed by atoms with Gasteiger partial charge >= 0.3 is 0 Å². The van der Waals surface area contributed by atoms with Gasteiger partial charge in [-0.15, -0.1) is 11.3 Å². The van der Waals surface area contributed by atoms with Crippen LogP contribution in [-0.2, 0) is 13.1 Å². The van der Waals surface area contributed by atoms with Crippen LogP contribution in [0.15, 0.2) is 41.8 Å². The van der Waals surface area contributed by atoms with Gasteiger partial charge in [0, 0.05) is 13.1 Å². The van der Waals surface area contributed by atoms with Gasteiger partial charge in [0.2, 0.25) is 5.62 Å². The Morgan fingerprint density at radius 3 is 2.36 bits per heavy atom. The fourth-order valence-corrected chi connectivity index (χ4v) is 3.78. The van der Waals surface area contributed by atoms with Crippen LogP contribution in [0.2, 0.25) is 0 Å². The van der Waals surface area contributed by atoms with Crippen LogP contribution in [0.4, 0.5) is 0 Å². The van der Waals surface area contributed by atoms with Crippen LogP contribution in [0.5, 0.6) is 0 Å². The van der Waals surface area contributed by atoms with Crippen LogP contribution in [-0.4, -0.2) is 39.5 Å². The number of thiophene rings is 1. The third-order valence-electron chi connectivity index (χ3n) is 4.61. The van der Waals surface area contributed by atoms with Crippen molar-refractivity contribution < 1.29 is 4.79 Å². The number of imidazole rings is 1. The molecule has 0 amide bonds. The summed E-state index contributed by atoms with van der Waals surface area (Å²) >= 11 is 1.45. The second kappa shape index (κ2) is 7.80. The average molecular weight is 356 g/mol. The highest BCUT2D eigenvalue weighted by atomic mass is 32.1. The molecule has 132 valence electrons. The van der Waals surface area contributed by atoms with E-state index in [4.69, 9.17) is 5.41 Å². The first-order valence-corrected chi connectivity index (χ1v) is 9.55. The molecule has 3 rings (SSSR count). The number of hydrogen-bond acceptors (Lipinski definition) is 4. The van der Waals surface area contributed by atoms with Gasteiger partial charge in [-0.1, -0.05) is 32.0 Å². The predicted octanol–water partition coefficient (Wildman–Crippen LogP) is 3.21. The molecule has 0 spiro atoms. The molecule has 0 aliphatic carbocycles. The predicted molar refractivity (Wildman–Crippen MR) is 102 cm³/mol. The standard InChI is InChI=1S/C19H24N4OS/c1-3-21(4-2)11-12-22-15-8-5-6-9-16(15)23(19(22)20)14-17(24)18-10-7-13-25-18/h5-10,13,20H,3-4,11-12,14H2,1-2H3. The molecule has 2 aromatic heterocycles. The SMILES string of the molecule is CCN(CC)CCn1c(=N)n(CC(=O)c2cccs2)c2ccccc21. The Bertz CT molecular complexity index is 903. The highest BCUT2D eigenvalue weighted by Crippen LogP contribution is 2.15. The van der Waals surface area contributed by atoms with Crippen molar-refractivity contribution in [3.63, 3.8) is 0 Å². The van der Waals surface area contributed by atoms with Crippen molar-refractivity contribution in [1.82, 2.24) is 14.0 Å². The van der Waals surface area contributed by atoms with E-state index in [0.29, 0.717) is 5.62 Å². The van der Waals surface area contributed by atoms with E-state index in [0.717, 1.165) is 42.1 Å². The Morgan fingerprint density at radius 1 is 1.08 bits per heavy atom. The van der Waals surface area contributed by atoms with Gasteiger partial charge in [-0.25, -0.2) is 0 Å². The molecule has 0 aliphatic heterocycles. The monoisotopic (exact) mass is 356 g/mol. The van der Waals surface area contributed by atoms with Gasteiger partial charge < -0.3 is 14.0 Å². The van der Waals surface area contributed by atoms with Crippen molar-refractivity contribution in [2.75, 3.05) is 19.6 Å². The highest BCUT2D eigenvalue weighted by Gasteiger charge is 2.15. The smallest absolute Gasteiger partial charge is 0.203 e. The van der Waals surface area contributed by atoms with Crippen molar-refractivity contribution in [1.29, 1.82) is 5.41 Å². The Hall–Kier alpha value is -2.18. The number of ketones is 1. The largest absolute Gasteiger partial charge is 0.309 e. The zero-order valence-corrected chi connectivity index (χ0v) is 15.6. The maximum Gasteiger partial charge on any atom is 0.203 e. The quantitative estimate of drug-likeness (QED) is 0.630. The van der Waals surface area contributed by atoms with Gasteiger partial charge in [-0.3, -0.25) is 10.2 Å². The molecular weight excluding hydrogens is 332 g/mol. The van der Waals surface area contributed by atoms with Crippen molar-refractivity contribution in [2.45, 2.75) is 26.9 Å². The minimum atomic E-state index is 0.0557. The van der Waals surface area contributed by atoms with Gasteiger partial charge in [-0.2, -0.15) is 0 Å². The number of para-hydroxylation sites is 2. The molecule has 0 saturated heterocycles. The molecule has 0 radical (unpaired) electrons. The van der Waals surface area contributed by atoms with E-state index in [-0.39, 0.29) is 12.3 Å². The normalized spacial score (nSPS) is 11.5. The zero-order chi connectivity index (χ0) is 17.8. The second-order valence-corrected chi connectivity index (χ2v) is 6.93. The summed E-state index contributed by atoms with van der Waals surface area (Å²) in [5, 5.41) is 10.5. The number of carbonyl (C=O) groups excluding carboxylic acids is 1. The molecule has 0 aliphatic rings. The molecule has 5 nitrogen and oxygen atoms in total. The van der Waals surface area contributed by atoms with Crippen molar-refractivity contribution in [3.8, 4) is 0 Å². The number of fused-ring (bicyclic) bond motifs is 1. The van der Waals surface area contributed by atoms with Crippen molar-refractivity contribution in [3.05, 3.63) is 52.3 Å². The van der Waals surface area contributed by atoms with Crippen LogP contribution in [0, 0.1) is 5.41 Å². The zero-order valence-electron chi connectivity index (χ0n) is 14.7. The van der Waals surface area contributed by atoms with Crippen molar-refractivity contribution in [2.24, 2.45) is 0 Å². The molecule has 3 aromatic rings. The van der Waals surface area contributed by atoms with Gasteiger partial charge in [0.1, 0.15) is 0 Å². The molecule has 1 aromatic carbocycles. The number of nitrogens with zero attached hydrogens (tertiary/aromatic N) is 3. The molecule has 6 heteroatoms. The fraction of sp³-hybridized carbons (Fsp3) is 0.368. The Kier molecular flexibility index (Phi) is 5.50. The van der Waals surface area contributed by atoms with Crippen LogP contribution >= 0.6 is 11.3 Å². The molecule has 2 heterocycles. The highest BCUT2D eigenvalue weighted by molar-refractivity contribution is 7.12. The van der Waals surface area contributed by atoms with E-state index in [1.165, 1.54) is 11.3 Å². The molecule has 0 saturated carbocycles. The summed E-state index contributed by atoms with van der Waals surface area (Å²) in [7, 11) is 0. The second-order valence-electron chi connectivity index (χ2n) is 5.98. The number of rotatable bonds is 8. The van der Waals surface area contributed by atoms with Crippen LogP contribution in [0.25, 0.3) is 11.0 Å². The summed E-state index contributed by atoms with van der Waals surface area (Å²) in [4.78, 5) is 15.6. The molecule has 0 fully saturated rings. The lowest BCUT2D eigenvalue weighted by Gasteiger charge is -2.18. The van der Waals surface area contributed by atoms with E-state index in [1.54, 1.807) is 0 Å². The first kappa shape index (κ1) is 17.6. The summed E-state index contributed by atoms with van der Waals surface area (Å²) < 4.78 is 3.83. The van der Waals surface area contributed by atoms with Gasteiger partial charge in [-0.05, 0) is 36.7 Å². The Balaban J connectivity index is 1.95. The fourth-order valence-electron chi connectivity index (χ4n) is 3.12. The number of carbonyl (C=O) groups is 1. The first-order chi connectivity index (χ1) is 12.2. The van der Waals surface area contributed by atoms with E-state index < -0.39 is 0 Å². The molecule has 25 heavy (non-hydrogen) atoms. The molecular formula is C19H24N4OS. The first-order valence-electron chi connectivity index (χ1n) is 8.67. The molecule has 0 atom stereocenters. The van der Waals surface area contributed by atoms with E-state index in [2.05, 4.69) is 18.7 Å². The maximum absolute atomic E-state index is 12.5. The van der Waals surface area contributed by atoms with Crippen LogP contribution in [0.3, 0.4) is 0 Å². The summed E-state index contributed by atoms with van der Waals surface area (Å²) in [6, 6.07) is 11.7. The lowest BCUT2D eigenvalue weighted by atomic mass is 10.3. The summed E-state index contributed by atoms with van der Waals surface area (Å²) in [5.74, 6) is 0.0557. The molecule has 1 N–H and O–H groups in total. The van der Waals surface area contributed by atoms with Gasteiger partial charge in [0.15, 0.2) is 5.78 Å². The molecule has 0 bridgehead atoms. The molecule has 0 unspecified atom stereocenters. The number of hydrogen-bond donors (Lipinski definition) is 1. The minimum absolute atomic E-state index is 0.0557. The van der Waals surface area contributed by atoms with Gasteiger partial charge in [0.05, 0.1) is 22.5 Å². The van der Waals surface area contributed by atoms with Crippen LogP contribution < -0.4 is 5.62 Å². The summed E-state index contributed by atoms with van der Waals surface area (Å²) in [5.41, 5.74) is 2.34. The van der Waals surface area contributed by atoms with E-state index >= 15 is 0 Å². The summed E-state index contributed by atoms with van der Waals surface area (Å²) in [6.07, 6.45) is 0. The summed E-state index contributed by atoms with van der Waals surface area (Å²) in [6.45, 7) is 8.16. The van der Waals surface area contributed by atoms with Gasteiger partial charge in [0.25, 0.3) is 0 Å². The van der Waals surface area contributed by atoms with E-state index in [1.807, 2.05) is 50.9 Å². The third kappa shape index (κ3) is 3.60. The number of likely N-dealkylation sites (N-methyl/N-ethyl adjacent to an activating group) is 1. The lowest BCUT2D eigenvalue weighted by Crippen LogP contribution is -2.32. The topological polar surface area (TPSA) is 54.0 Å². The van der Waals surface area contributed by atoms with Crippen LogP contribution in [0.1, 0.15) is 23.5 Å². The number of benzene rings is 1. The lowest BCUT2D eigenvalue weighted by molar-refractivity contribution is 0.0975. The minimum Gasteiger partial charge on any atom is -0.309 e. The maximum atomic E-state index is 12.5. The van der Waals surface area contributed by atoms with E-state index in [9.17, 15) is 4.79 Å². The Morgan fingerprint density at radius 2 is 1.76 bits per heavy atom. The average Bonchev–Trinajstić information content (AvgIpc) is 3.25. The third-order valence-corrected chi connectivity index (χ3v) is 5.52. The number of Topliss-reactive ketones (excluding diaryl/α,β-unsaturated/α-hetero) is 1.